The van der Waals surface area contributed by atoms with Crippen LogP contribution in [0.2, 0.25) is 0 Å². The molecule has 4 aromatic heterocycles. The second-order valence-corrected chi connectivity index (χ2v) is 8.17. The number of fused-ring (bicyclic) bond motifs is 2. The fourth-order valence-corrected chi connectivity index (χ4v) is 4.34. The molecule has 0 aliphatic heterocycles. The Labute approximate surface area is 173 Å². The maximum absolute atomic E-state index is 13.0. The van der Waals surface area contributed by atoms with E-state index in [-0.39, 0.29) is 12.6 Å². The summed E-state index contributed by atoms with van der Waals surface area (Å²) < 4.78 is 16.6. The lowest BCUT2D eigenvalue weighted by atomic mass is 9.80. The van der Waals surface area contributed by atoms with E-state index in [1.807, 2.05) is 31.3 Å². The molecule has 156 valence electrons. The first-order chi connectivity index (χ1) is 14.5. The van der Waals surface area contributed by atoms with Crippen molar-refractivity contribution in [2.75, 3.05) is 6.67 Å². The van der Waals surface area contributed by atoms with E-state index in [1.165, 1.54) is 0 Å². The van der Waals surface area contributed by atoms with Gasteiger partial charge in [0.2, 0.25) is 0 Å². The van der Waals surface area contributed by atoms with Crippen molar-refractivity contribution in [3.63, 3.8) is 0 Å². The van der Waals surface area contributed by atoms with Gasteiger partial charge in [-0.2, -0.15) is 5.10 Å². The second-order valence-electron chi connectivity index (χ2n) is 8.17. The predicted molar refractivity (Wildman–Crippen MR) is 113 cm³/mol. The average molecular weight is 408 g/mol. The van der Waals surface area contributed by atoms with Crippen LogP contribution in [0.15, 0.2) is 30.6 Å². The summed E-state index contributed by atoms with van der Waals surface area (Å²) in [6, 6.07) is 6.01. The Balaban J connectivity index is 1.55. The zero-order chi connectivity index (χ0) is 20.9. The summed E-state index contributed by atoms with van der Waals surface area (Å²) in [7, 11) is 0. The van der Waals surface area contributed by atoms with E-state index in [9.17, 15) is 4.39 Å². The molecule has 0 bridgehead atoms. The minimum atomic E-state index is -0.540. The number of imidazole rings is 1. The highest BCUT2D eigenvalue weighted by molar-refractivity contribution is 5.82. The van der Waals surface area contributed by atoms with Crippen LogP contribution in [0.5, 0.6) is 0 Å². The molecule has 1 aliphatic carbocycles. The maximum atomic E-state index is 13.0. The lowest BCUT2D eigenvalue weighted by Gasteiger charge is -2.34. The Morgan fingerprint density at radius 3 is 2.77 bits per heavy atom. The fraction of sp³-hybridized carbons (Fsp3) is 0.429. The number of aromatic nitrogens is 6. The van der Waals surface area contributed by atoms with Gasteiger partial charge < -0.3 is 16.0 Å². The summed E-state index contributed by atoms with van der Waals surface area (Å²) in [5, 5.41) is 4.70. The minimum Gasteiger partial charge on any atom is -0.328 e. The third-order valence-corrected chi connectivity index (χ3v) is 6.15. The molecule has 0 spiro atoms. The summed E-state index contributed by atoms with van der Waals surface area (Å²) in [6.45, 7) is 1.64. The first kappa shape index (κ1) is 19.1. The fourth-order valence-electron chi connectivity index (χ4n) is 4.34. The molecule has 8 nitrogen and oxygen atoms in total. The standard InChI is InChI=1S/C21H25FN8/c1-13-26-17-3-2-16(27-19(17)29(13)11-9-22)15-6-10-30-18(15)12-25-20(28-30)21(24)7-4-14(23)5-8-21/h2-3,6,10,12,14H,4-5,7-9,11,23-24H2,1H3. The molecule has 1 aliphatic rings. The Hall–Kier alpha value is -2.91. The lowest BCUT2D eigenvalue weighted by molar-refractivity contribution is 0.262. The van der Waals surface area contributed by atoms with E-state index in [1.54, 1.807) is 15.3 Å². The van der Waals surface area contributed by atoms with Gasteiger partial charge in [0, 0.05) is 17.8 Å². The van der Waals surface area contributed by atoms with Gasteiger partial charge in [0.25, 0.3) is 0 Å². The van der Waals surface area contributed by atoms with Gasteiger partial charge in [0.1, 0.15) is 18.0 Å². The molecule has 4 aromatic rings. The molecule has 4 heterocycles. The Bertz CT molecular complexity index is 1220. The van der Waals surface area contributed by atoms with Gasteiger partial charge in [-0.05, 0) is 50.8 Å². The van der Waals surface area contributed by atoms with Crippen molar-refractivity contribution in [2.45, 2.75) is 50.7 Å². The average Bonchev–Trinajstić information content (AvgIpc) is 3.31. The maximum Gasteiger partial charge on any atom is 0.169 e. The summed E-state index contributed by atoms with van der Waals surface area (Å²) in [5.41, 5.74) is 16.1. The van der Waals surface area contributed by atoms with Gasteiger partial charge in [-0.3, -0.25) is 0 Å². The highest BCUT2D eigenvalue weighted by atomic mass is 19.1. The molecule has 0 unspecified atom stereocenters. The Morgan fingerprint density at radius 2 is 2.00 bits per heavy atom. The van der Waals surface area contributed by atoms with Crippen LogP contribution in [0.25, 0.3) is 27.9 Å². The molecule has 4 N–H and O–H groups in total. The zero-order valence-corrected chi connectivity index (χ0v) is 16.9. The van der Waals surface area contributed by atoms with Crippen LogP contribution >= 0.6 is 0 Å². The van der Waals surface area contributed by atoms with E-state index in [0.29, 0.717) is 11.5 Å². The van der Waals surface area contributed by atoms with E-state index >= 15 is 0 Å². The van der Waals surface area contributed by atoms with Crippen molar-refractivity contribution < 1.29 is 4.39 Å². The quantitative estimate of drug-likeness (QED) is 0.536. The monoisotopic (exact) mass is 408 g/mol. The van der Waals surface area contributed by atoms with Crippen LogP contribution in [0.3, 0.4) is 0 Å². The summed E-state index contributed by atoms with van der Waals surface area (Å²) in [5.74, 6) is 1.39. The molecule has 0 radical (unpaired) electrons. The molecule has 0 atom stereocenters. The van der Waals surface area contributed by atoms with Crippen LogP contribution in [0, 0.1) is 6.92 Å². The SMILES string of the molecule is Cc1nc2ccc(-c3ccn4nc(C5(N)CCC(N)CC5)ncc34)nc2n1CCF. The van der Waals surface area contributed by atoms with Gasteiger partial charge in [0.05, 0.1) is 29.5 Å². The lowest BCUT2D eigenvalue weighted by Crippen LogP contribution is -2.45. The third kappa shape index (κ3) is 3.05. The molecule has 0 saturated heterocycles. The van der Waals surface area contributed by atoms with Crippen LogP contribution < -0.4 is 11.5 Å². The molecule has 30 heavy (non-hydrogen) atoms. The van der Waals surface area contributed by atoms with Crippen molar-refractivity contribution in [3.8, 4) is 11.3 Å². The number of aryl methyl sites for hydroxylation is 2. The van der Waals surface area contributed by atoms with Crippen molar-refractivity contribution in [2.24, 2.45) is 11.5 Å². The minimum absolute atomic E-state index is 0.207. The molecule has 9 heteroatoms. The number of alkyl halides is 1. The largest absolute Gasteiger partial charge is 0.328 e. The number of pyridine rings is 1. The van der Waals surface area contributed by atoms with Crippen molar-refractivity contribution >= 4 is 16.7 Å². The number of hydrogen-bond donors (Lipinski definition) is 2. The number of hydrogen-bond acceptors (Lipinski definition) is 6. The van der Waals surface area contributed by atoms with E-state index in [2.05, 4.69) is 9.97 Å². The molecular formula is C21H25FN8. The van der Waals surface area contributed by atoms with Gasteiger partial charge >= 0.3 is 0 Å². The summed E-state index contributed by atoms with van der Waals surface area (Å²) >= 11 is 0. The first-order valence-electron chi connectivity index (χ1n) is 10.3. The number of nitrogens with two attached hydrogens (primary N) is 2. The molecule has 1 fully saturated rings. The van der Waals surface area contributed by atoms with Gasteiger partial charge in [-0.15, -0.1) is 0 Å². The van der Waals surface area contributed by atoms with Crippen LogP contribution in [0.1, 0.15) is 37.3 Å². The molecule has 0 amide bonds. The van der Waals surface area contributed by atoms with E-state index < -0.39 is 12.2 Å². The predicted octanol–water partition coefficient (Wildman–Crippen LogP) is 2.47. The van der Waals surface area contributed by atoms with Crippen molar-refractivity contribution in [3.05, 3.63) is 42.2 Å². The number of nitrogens with zero attached hydrogens (tertiary/aromatic N) is 6. The topological polar surface area (TPSA) is 113 Å². The third-order valence-electron chi connectivity index (χ3n) is 6.15. The van der Waals surface area contributed by atoms with Crippen molar-refractivity contribution in [1.29, 1.82) is 0 Å². The molecule has 5 rings (SSSR count). The number of halogens is 1. The zero-order valence-electron chi connectivity index (χ0n) is 16.9. The molecule has 1 saturated carbocycles. The second kappa shape index (κ2) is 7.10. The van der Waals surface area contributed by atoms with Crippen LogP contribution in [0.4, 0.5) is 4.39 Å². The van der Waals surface area contributed by atoms with Crippen LogP contribution in [-0.2, 0) is 12.1 Å². The summed E-state index contributed by atoms with van der Waals surface area (Å²) in [6.07, 6.45) is 7.02. The molecular weight excluding hydrogens is 383 g/mol. The highest BCUT2D eigenvalue weighted by Gasteiger charge is 2.35. The first-order valence-corrected chi connectivity index (χ1v) is 10.3. The van der Waals surface area contributed by atoms with Gasteiger partial charge in [-0.25, -0.2) is 23.9 Å². The number of rotatable bonds is 4. The smallest absolute Gasteiger partial charge is 0.169 e. The van der Waals surface area contributed by atoms with E-state index in [4.69, 9.17) is 21.5 Å². The van der Waals surface area contributed by atoms with E-state index in [0.717, 1.165) is 53.8 Å². The Kier molecular flexibility index (Phi) is 4.52. The highest BCUT2D eigenvalue weighted by Crippen LogP contribution is 2.33. The van der Waals surface area contributed by atoms with Gasteiger partial charge in [0.15, 0.2) is 11.5 Å². The van der Waals surface area contributed by atoms with Crippen molar-refractivity contribution in [1.82, 2.24) is 29.1 Å². The van der Waals surface area contributed by atoms with Crippen LogP contribution in [-0.4, -0.2) is 41.8 Å². The molecule has 0 aromatic carbocycles. The van der Waals surface area contributed by atoms with Gasteiger partial charge in [-0.1, -0.05) is 0 Å². The Morgan fingerprint density at radius 1 is 1.20 bits per heavy atom. The normalized spacial score (nSPS) is 22.2. The summed E-state index contributed by atoms with van der Waals surface area (Å²) in [4.78, 5) is 13.8.